The van der Waals surface area contributed by atoms with Crippen molar-refractivity contribution in [2.24, 2.45) is 0 Å². The number of methoxy groups -OCH3 is 1. The highest BCUT2D eigenvalue weighted by Crippen LogP contribution is 2.28. The summed E-state index contributed by atoms with van der Waals surface area (Å²) >= 11 is 6.89. The number of benzene rings is 1. The fourth-order valence-corrected chi connectivity index (χ4v) is 2.65. The Kier molecular flexibility index (Phi) is 4.73. The smallest absolute Gasteiger partial charge is 0.158 e. The molecule has 0 aliphatic carbocycles. The number of nitrogens with one attached hydrogen (secondary N) is 1. The van der Waals surface area contributed by atoms with E-state index in [0.29, 0.717) is 24.1 Å². The molecular weight excluding hydrogens is 376 g/mol. The third-order valence-corrected chi connectivity index (χ3v) is 3.41. The zero-order valence-corrected chi connectivity index (χ0v) is 13.3. The van der Waals surface area contributed by atoms with Crippen LogP contribution in [0.4, 0.5) is 17.3 Å². The summed E-state index contributed by atoms with van der Waals surface area (Å²) in [6.07, 6.45) is 0. The van der Waals surface area contributed by atoms with E-state index in [-0.39, 0.29) is 0 Å². The van der Waals surface area contributed by atoms with Gasteiger partial charge in [0.15, 0.2) is 5.82 Å². The van der Waals surface area contributed by atoms with Crippen molar-refractivity contribution in [3.63, 3.8) is 0 Å². The van der Waals surface area contributed by atoms with Crippen molar-refractivity contribution in [3.05, 3.63) is 39.0 Å². The standard InChI is InChI=1S/C12H12Br2N4O/c1-19-6-12-17-10(15)5-11(18-12)16-9-3-2-7(13)4-8(9)14/h2-5H,6H2,1H3,(H3,15,16,17,18). The molecule has 0 aliphatic heterocycles. The first-order chi connectivity index (χ1) is 9.08. The lowest BCUT2D eigenvalue weighted by molar-refractivity contribution is 0.178. The molecule has 0 saturated heterocycles. The molecule has 0 bridgehead atoms. The lowest BCUT2D eigenvalue weighted by Gasteiger charge is -2.10. The van der Waals surface area contributed by atoms with Gasteiger partial charge in [0.25, 0.3) is 0 Å². The second kappa shape index (κ2) is 6.31. The highest BCUT2D eigenvalue weighted by Gasteiger charge is 2.05. The van der Waals surface area contributed by atoms with Crippen LogP contribution in [0.1, 0.15) is 5.82 Å². The molecule has 0 saturated carbocycles. The van der Waals surface area contributed by atoms with Gasteiger partial charge in [-0.25, -0.2) is 9.97 Å². The van der Waals surface area contributed by atoms with Gasteiger partial charge in [-0.15, -0.1) is 0 Å². The maximum atomic E-state index is 5.74. The summed E-state index contributed by atoms with van der Waals surface area (Å²) in [7, 11) is 1.59. The fourth-order valence-electron chi connectivity index (χ4n) is 1.50. The predicted molar refractivity (Wildman–Crippen MR) is 82.3 cm³/mol. The molecule has 3 N–H and O–H groups in total. The summed E-state index contributed by atoms with van der Waals surface area (Å²) in [6.45, 7) is 0.321. The van der Waals surface area contributed by atoms with Crippen molar-refractivity contribution >= 4 is 49.2 Å². The van der Waals surface area contributed by atoms with E-state index in [1.807, 2.05) is 18.2 Å². The van der Waals surface area contributed by atoms with Crippen LogP contribution in [0.25, 0.3) is 0 Å². The van der Waals surface area contributed by atoms with Crippen molar-refractivity contribution in [2.75, 3.05) is 18.2 Å². The Morgan fingerprint density at radius 1 is 1.26 bits per heavy atom. The molecule has 0 amide bonds. The number of nitrogens with two attached hydrogens (primary N) is 1. The van der Waals surface area contributed by atoms with Gasteiger partial charge in [-0.1, -0.05) is 15.9 Å². The number of nitrogen functional groups attached to an aromatic ring is 1. The van der Waals surface area contributed by atoms with Crippen LogP contribution in [0.5, 0.6) is 0 Å². The number of ether oxygens (including phenoxy) is 1. The topological polar surface area (TPSA) is 73.1 Å². The summed E-state index contributed by atoms with van der Waals surface area (Å²) in [5.74, 6) is 1.57. The van der Waals surface area contributed by atoms with Crippen molar-refractivity contribution in [1.29, 1.82) is 0 Å². The molecule has 0 unspecified atom stereocenters. The quantitative estimate of drug-likeness (QED) is 0.840. The van der Waals surface area contributed by atoms with Gasteiger partial charge in [0.2, 0.25) is 0 Å². The number of anilines is 3. The van der Waals surface area contributed by atoms with E-state index in [9.17, 15) is 0 Å². The molecule has 0 fully saturated rings. The molecule has 7 heteroatoms. The van der Waals surface area contributed by atoms with Crippen LogP contribution in [0.15, 0.2) is 33.2 Å². The van der Waals surface area contributed by atoms with Crippen LogP contribution >= 0.6 is 31.9 Å². The second-order valence-corrected chi connectivity index (χ2v) is 5.55. The predicted octanol–water partition coefficient (Wildman–Crippen LogP) is 3.47. The second-order valence-electron chi connectivity index (χ2n) is 3.78. The van der Waals surface area contributed by atoms with Crippen LogP contribution in [0.3, 0.4) is 0 Å². The zero-order valence-electron chi connectivity index (χ0n) is 10.2. The van der Waals surface area contributed by atoms with Gasteiger partial charge in [-0.05, 0) is 34.1 Å². The minimum Gasteiger partial charge on any atom is -0.384 e. The van der Waals surface area contributed by atoms with Crippen molar-refractivity contribution in [1.82, 2.24) is 9.97 Å². The first-order valence-corrected chi connectivity index (χ1v) is 7.01. The molecular formula is C12H12Br2N4O. The largest absolute Gasteiger partial charge is 0.384 e. The Morgan fingerprint density at radius 3 is 2.74 bits per heavy atom. The summed E-state index contributed by atoms with van der Waals surface area (Å²) in [5.41, 5.74) is 6.63. The van der Waals surface area contributed by atoms with Gasteiger partial charge in [-0.2, -0.15) is 0 Å². The molecule has 2 rings (SSSR count). The highest BCUT2D eigenvalue weighted by atomic mass is 79.9. The van der Waals surface area contributed by atoms with Gasteiger partial charge in [0, 0.05) is 22.1 Å². The normalized spacial score (nSPS) is 10.5. The van der Waals surface area contributed by atoms with Crippen LogP contribution in [-0.4, -0.2) is 17.1 Å². The number of hydrogen-bond donors (Lipinski definition) is 2. The van der Waals surface area contributed by atoms with Crippen LogP contribution in [0.2, 0.25) is 0 Å². The van der Waals surface area contributed by atoms with Crippen LogP contribution in [-0.2, 0) is 11.3 Å². The third-order valence-electron chi connectivity index (χ3n) is 2.26. The molecule has 1 heterocycles. The Hall–Kier alpha value is -1.18. The van der Waals surface area contributed by atoms with Gasteiger partial charge in [0.1, 0.15) is 18.2 Å². The lowest BCUT2D eigenvalue weighted by atomic mass is 10.3. The van der Waals surface area contributed by atoms with Crippen LogP contribution in [0, 0.1) is 0 Å². The van der Waals surface area contributed by atoms with Gasteiger partial charge < -0.3 is 15.8 Å². The first-order valence-electron chi connectivity index (χ1n) is 5.43. The summed E-state index contributed by atoms with van der Waals surface area (Å²) in [4.78, 5) is 8.41. The average molecular weight is 388 g/mol. The number of rotatable bonds is 4. The van der Waals surface area contributed by atoms with Gasteiger partial charge in [-0.3, -0.25) is 0 Å². The summed E-state index contributed by atoms with van der Waals surface area (Å²) < 4.78 is 6.92. The molecule has 0 radical (unpaired) electrons. The molecule has 0 spiro atoms. The van der Waals surface area contributed by atoms with Crippen molar-refractivity contribution < 1.29 is 4.74 Å². The zero-order chi connectivity index (χ0) is 13.8. The Bertz CT molecular complexity index is 592. The minimum atomic E-state index is 0.321. The van der Waals surface area contributed by atoms with Crippen molar-refractivity contribution in [2.45, 2.75) is 6.61 Å². The molecule has 5 nitrogen and oxygen atoms in total. The SMILES string of the molecule is COCc1nc(N)cc(Nc2ccc(Br)cc2Br)n1. The Morgan fingerprint density at radius 2 is 2.05 bits per heavy atom. The summed E-state index contributed by atoms with van der Waals surface area (Å²) in [6, 6.07) is 7.49. The number of halogens is 2. The monoisotopic (exact) mass is 386 g/mol. The molecule has 100 valence electrons. The van der Waals surface area contributed by atoms with E-state index in [4.69, 9.17) is 10.5 Å². The van der Waals surface area contributed by atoms with Crippen LogP contribution < -0.4 is 11.1 Å². The Labute approximate surface area is 127 Å². The molecule has 19 heavy (non-hydrogen) atoms. The van der Waals surface area contributed by atoms with E-state index >= 15 is 0 Å². The van der Waals surface area contributed by atoms with E-state index in [2.05, 4.69) is 47.1 Å². The molecule has 1 aromatic carbocycles. The maximum absolute atomic E-state index is 5.74. The van der Waals surface area contributed by atoms with E-state index in [1.165, 1.54) is 0 Å². The number of aromatic nitrogens is 2. The molecule has 2 aromatic rings. The van der Waals surface area contributed by atoms with Gasteiger partial charge >= 0.3 is 0 Å². The number of nitrogens with zero attached hydrogens (tertiary/aromatic N) is 2. The highest BCUT2D eigenvalue weighted by molar-refractivity contribution is 9.11. The Balaban J connectivity index is 2.27. The molecule has 0 atom stereocenters. The molecule has 0 aliphatic rings. The van der Waals surface area contributed by atoms with Crippen molar-refractivity contribution in [3.8, 4) is 0 Å². The maximum Gasteiger partial charge on any atom is 0.158 e. The lowest BCUT2D eigenvalue weighted by Crippen LogP contribution is -2.04. The summed E-state index contributed by atoms with van der Waals surface area (Å²) in [5, 5.41) is 3.18. The third kappa shape index (κ3) is 3.89. The number of hydrogen-bond acceptors (Lipinski definition) is 5. The molecule has 1 aromatic heterocycles. The first kappa shape index (κ1) is 14.2. The fraction of sp³-hybridized carbons (Fsp3) is 0.167. The van der Waals surface area contributed by atoms with E-state index in [0.717, 1.165) is 14.6 Å². The van der Waals surface area contributed by atoms with E-state index < -0.39 is 0 Å². The van der Waals surface area contributed by atoms with E-state index in [1.54, 1.807) is 13.2 Å². The average Bonchev–Trinajstić information content (AvgIpc) is 2.32. The van der Waals surface area contributed by atoms with Gasteiger partial charge in [0.05, 0.1) is 5.69 Å². The minimum absolute atomic E-state index is 0.321.